The van der Waals surface area contributed by atoms with Crippen molar-refractivity contribution in [2.75, 3.05) is 11.9 Å². The van der Waals surface area contributed by atoms with Crippen molar-refractivity contribution in [2.24, 2.45) is 0 Å². The van der Waals surface area contributed by atoms with E-state index in [4.69, 9.17) is 5.21 Å². The molecule has 2 rings (SSSR count). The molecular weight excluding hydrogens is 414 g/mol. The molecule has 0 saturated heterocycles. The highest BCUT2D eigenvalue weighted by molar-refractivity contribution is 5.90. The lowest BCUT2D eigenvalue weighted by molar-refractivity contribution is -0.116. The van der Waals surface area contributed by atoms with Gasteiger partial charge in [0.25, 0.3) is 0 Å². The fourth-order valence-corrected chi connectivity index (χ4v) is 3.59. The van der Waals surface area contributed by atoms with Crippen molar-refractivity contribution in [3.8, 4) is 0 Å². The zero-order chi connectivity index (χ0) is 23.9. The summed E-state index contributed by atoms with van der Waals surface area (Å²) in [4.78, 5) is 12.3. The maximum atomic E-state index is 12.3. The Balaban J connectivity index is 1.72. The minimum absolute atomic E-state index is 0.00898. The highest BCUT2D eigenvalue weighted by atomic mass is 16.5. The van der Waals surface area contributed by atoms with Gasteiger partial charge in [-0.2, -0.15) is 0 Å². The molecule has 1 amide bonds. The lowest BCUT2D eigenvalue weighted by Crippen LogP contribution is -2.25. The van der Waals surface area contributed by atoms with Crippen molar-refractivity contribution in [3.05, 3.63) is 96.1 Å². The van der Waals surface area contributed by atoms with Gasteiger partial charge in [-0.3, -0.25) is 15.5 Å². The van der Waals surface area contributed by atoms with E-state index in [1.807, 2.05) is 54.6 Å². The lowest BCUT2D eigenvalue weighted by atomic mass is 10.0. The average Bonchev–Trinajstić information content (AvgIpc) is 2.82. The van der Waals surface area contributed by atoms with Crippen LogP contribution in [0, 0.1) is 0 Å². The molecule has 2 aromatic rings. The first-order valence-electron chi connectivity index (χ1n) is 11.4. The second kappa shape index (κ2) is 14.7. The van der Waals surface area contributed by atoms with Gasteiger partial charge < -0.3 is 15.7 Å². The molecule has 2 aromatic carbocycles. The Labute approximate surface area is 196 Å². The topological polar surface area (TPSA) is 93.6 Å². The van der Waals surface area contributed by atoms with Gasteiger partial charge in [0.15, 0.2) is 0 Å². The van der Waals surface area contributed by atoms with E-state index in [1.165, 1.54) is 0 Å². The SMILES string of the molecule is C=C=C(CCCCCCC(=O)Nc1cccc(CCN[C@H](C(=C)O)c2ccccc2)c1)NO. The number of carbonyl (C=O) groups excluding carboxylic acids is 1. The van der Waals surface area contributed by atoms with Gasteiger partial charge in [0.1, 0.15) is 5.76 Å². The molecule has 176 valence electrons. The molecule has 0 aliphatic heterocycles. The molecule has 0 spiro atoms. The van der Waals surface area contributed by atoms with Crippen LogP contribution >= 0.6 is 0 Å². The Hall–Kier alpha value is -3.31. The summed E-state index contributed by atoms with van der Waals surface area (Å²) in [6, 6.07) is 17.2. The third kappa shape index (κ3) is 9.79. The van der Waals surface area contributed by atoms with E-state index < -0.39 is 0 Å². The number of aliphatic hydroxyl groups excluding tert-OH is 1. The van der Waals surface area contributed by atoms with Crippen LogP contribution in [0.2, 0.25) is 0 Å². The quantitative estimate of drug-likeness (QED) is 0.106. The van der Waals surface area contributed by atoms with E-state index in [0.29, 0.717) is 25.1 Å². The maximum Gasteiger partial charge on any atom is 0.224 e. The fourth-order valence-electron chi connectivity index (χ4n) is 3.59. The molecule has 0 aromatic heterocycles. The Morgan fingerprint density at radius 3 is 2.39 bits per heavy atom. The molecular formula is C27H35N3O3. The van der Waals surface area contributed by atoms with Gasteiger partial charge in [-0.1, -0.05) is 68.5 Å². The smallest absolute Gasteiger partial charge is 0.224 e. The number of carbonyl (C=O) groups is 1. The van der Waals surface area contributed by atoms with Crippen molar-refractivity contribution in [1.29, 1.82) is 0 Å². The summed E-state index contributed by atoms with van der Waals surface area (Å²) in [5.41, 5.74) is 8.18. The molecule has 0 fully saturated rings. The first-order valence-corrected chi connectivity index (χ1v) is 11.4. The highest BCUT2D eigenvalue weighted by Gasteiger charge is 2.13. The molecule has 5 N–H and O–H groups in total. The van der Waals surface area contributed by atoms with E-state index in [9.17, 15) is 9.90 Å². The van der Waals surface area contributed by atoms with Crippen molar-refractivity contribution in [1.82, 2.24) is 10.8 Å². The van der Waals surface area contributed by atoms with E-state index in [1.54, 1.807) is 0 Å². The van der Waals surface area contributed by atoms with Crippen molar-refractivity contribution >= 4 is 11.6 Å². The number of aliphatic hydroxyl groups is 1. The zero-order valence-corrected chi connectivity index (χ0v) is 19.1. The molecule has 6 nitrogen and oxygen atoms in total. The molecule has 0 radical (unpaired) electrons. The van der Waals surface area contributed by atoms with E-state index in [-0.39, 0.29) is 17.7 Å². The second-order valence-electron chi connectivity index (χ2n) is 7.97. The van der Waals surface area contributed by atoms with Crippen LogP contribution in [-0.4, -0.2) is 22.8 Å². The van der Waals surface area contributed by atoms with Crippen LogP contribution < -0.4 is 16.1 Å². The van der Waals surface area contributed by atoms with E-state index in [0.717, 1.165) is 48.9 Å². The summed E-state index contributed by atoms with van der Waals surface area (Å²) >= 11 is 0. The van der Waals surface area contributed by atoms with Crippen LogP contribution in [0.25, 0.3) is 0 Å². The summed E-state index contributed by atoms with van der Waals surface area (Å²) < 4.78 is 0. The molecule has 0 aliphatic rings. The standard InChI is InChI=1S/C27H35N3O3/c1-3-24(30-33)15-9-4-5-10-17-26(32)29-25-16-11-12-22(20-25)18-19-28-27(21(2)31)23-13-7-6-8-14-23/h6-8,11-14,16,20,27-28,30-31,33H,1-2,4-5,9-10,15,17-19H2,(H,29,32)/t27-/m1/s1. The van der Waals surface area contributed by atoms with Crippen LogP contribution in [0.1, 0.15) is 55.7 Å². The zero-order valence-electron chi connectivity index (χ0n) is 19.1. The van der Waals surface area contributed by atoms with Gasteiger partial charge in [-0.25, -0.2) is 0 Å². The average molecular weight is 450 g/mol. The molecule has 0 saturated carbocycles. The van der Waals surface area contributed by atoms with Crippen molar-refractivity contribution < 1.29 is 15.1 Å². The van der Waals surface area contributed by atoms with Crippen LogP contribution in [0.15, 0.2) is 84.9 Å². The predicted octanol–water partition coefficient (Wildman–Crippen LogP) is 5.56. The Morgan fingerprint density at radius 1 is 1.00 bits per heavy atom. The van der Waals surface area contributed by atoms with Gasteiger partial charge >= 0.3 is 0 Å². The van der Waals surface area contributed by atoms with Crippen LogP contribution in [-0.2, 0) is 11.2 Å². The molecule has 6 heteroatoms. The van der Waals surface area contributed by atoms with Crippen molar-refractivity contribution in [3.63, 3.8) is 0 Å². The third-order valence-electron chi connectivity index (χ3n) is 5.37. The predicted molar refractivity (Wildman–Crippen MR) is 133 cm³/mol. The third-order valence-corrected chi connectivity index (χ3v) is 5.37. The minimum atomic E-state index is -0.312. The minimum Gasteiger partial charge on any atom is -0.511 e. The van der Waals surface area contributed by atoms with Gasteiger partial charge in [0.05, 0.1) is 11.7 Å². The molecule has 0 bridgehead atoms. The number of amides is 1. The molecule has 1 atom stereocenters. The number of benzene rings is 2. The van der Waals surface area contributed by atoms with Crippen molar-refractivity contribution in [2.45, 2.75) is 51.0 Å². The van der Waals surface area contributed by atoms with Crippen LogP contribution in [0.3, 0.4) is 0 Å². The number of hydroxylamine groups is 1. The van der Waals surface area contributed by atoms with E-state index >= 15 is 0 Å². The van der Waals surface area contributed by atoms with Gasteiger partial charge in [-0.15, -0.1) is 5.73 Å². The van der Waals surface area contributed by atoms with Gasteiger partial charge in [-0.05, 0) is 48.9 Å². The number of allylic oxidation sites excluding steroid dienone is 1. The summed E-state index contributed by atoms with van der Waals surface area (Å²) in [7, 11) is 0. The van der Waals surface area contributed by atoms with Gasteiger partial charge in [0.2, 0.25) is 5.91 Å². The first-order chi connectivity index (χ1) is 16.0. The summed E-state index contributed by atoms with van der Waals surface area (Å²) in [5, 5.41) is 25.1. The molecule has 33 heavy (non-hydrogen) atoms. The lowest BCUT2D eigenvalue weighted by Gasteiger charge is -2.18. The number of unbranched alkanes of at least 4 members (excludes halogenated alkanes) is 3. The molecule has 0 aliphatic carbocycles. The number of nitrogens with one attached hydrogen (secondary N) is 3. The highest BCUT2D eigenvalue weighted by Crippen LogP contribution is 2.19. The number of anilines is 1. The Morgan fingerprint density at radius 2 is 1.73 bits per heavy atom. The van der Waals surface area contributed by atoms with Gasteiger partial charge in [0, 0.05) is 18.7 Å². The normalized spacial score (nSPS) is 11.3. The summed E-state index contributed by atoms with van der Waals surface area (Å²) in [6.07, 6.45) is 5.60. The second-order valence-corrected chi connectivity index (χ2v) is 7.97. The fraction of sp³-hybridized carbons (Fsp3) is 0.333. The Kier molecular flexibility index (Phi) is 11.6. The first kappa shape index (κ1) is 25.9. The van der Waals surface area contributed by atoms with Crippen LogP contribution in [0.4, 0.5) is 5.69 Å². The number of rotatable bonds is 15. The summed E-state index contributed by atoms with van der Waals surface area (Å²) in [6.45, 7) is 7.85. The van der Waals surface area contributed by atoms with Crippen LogP contribution in [0.5, 0.6) is 0 Å². The van der Waals surface area contributed by atoms with E-state index in [2.05, 4.69) is 35.0 Å². The Bertz CT molecular complexity index is 937. The summed E-state index contributed by atoms with van der Waals surface area (Å²) in [5.74, 6) is 0.0968. The number of hydrogen-bond acceptors (Lipinski definition) is 5. The monoisotopic (exact) mass is 449 g/mol. The molecule has 0 unspecified atom stereocenters. The largest absolute Gasteiger partial charge is 0.511 e. The number of hydrogen-bond donors (Lipinski definition) is 5. The maximum absolute atomic E-state index is 12.3. The molecule has 0 heterocycles.